The number of benzene rings is 1. The molecule has 21 heavy (non-hydrogen) atoms. The number of hydrogen-bond donors (Lipinski definition) is 0. The molecule has 1 aromatic carbocycles. The molecule has 4 rings (SSSR count). The molecule has 0 atom stereocenters. The molecule has 3 aromatic rings. The van der Waals surface area contributed by atoms with Gasteiger partial charge in [-0.1, -0.05) is 28.3 Å². The first-order valence-corrected chi connectivity index (χ1v) is 7.86. The van der Waals surface area contributed by atoms with Crippen molar-refractivity contribution in [1.82, 2.24) is 20.3 Å². The number of ether oxygens (including phenoxy) is 2. The second-order valence-corrected chi connectivity index (χ2v) is 6.13. The topological polar surface area (TPSA) is 83.2 Å². The first kappa shape index (κ1) is 12.6. The lowest BCUT2D eigenvalue weighted by atomic mass is 10.2. The highest BCUT2D eigenvalue weighted by molar-refractivity contribution is 8.00. The summed E-state index contributed by atoms with van der Waals surface area (Å²) in [5, 5.41) is 11.7. The molecule has 9 heteroatoms. The molecule has 0 N–H and O–H groups in total. The number of thioether (sulfide) groups is 1. The van der Waals surface area contributed by atoms with Gasteiger partial charge in [-0.05, 0) is 18.2 Å². The monoisotopic (exact) mass is 320 g/mol. The summed E-state index contributed by atoms with van der Waals surface area (Å²) < 4.78 is 16.7. The van der Waals surface area contributed by atoms with Crippen LogP contribution in [0.4, 0.5) is 0 Å². The summed E-state index contributed by atoms with van der Waals surface area (Å²) in [4.78, 5) is 4.37. The highest BCUT2D eigenvalue weighted by Gasteiger charge is 2.16. The van der Waals surface area contributed by atoms with Crippen molar-refractivity contribution in [1.29, 1.82) is 0 Å². The zero-order valence-electron chi connectivity index (χ0n) is 10.6. The summed E-state index contributed by atoms with van der Waals surface area (Å²) in [7, 11) is 0. The molecule has 2 aromatic heterocycles. The van der Waals surface area contributed by atoms with Crippen LogP contribution in [0.2, 0.25) is 0 Å². The second-order valence-electron chi connectivity index (χ2n) is 4.07. The van der Waals surface area contributed by atoms with Crippen LogP contribution in [-0.2, 0) is 5.75 Å². The van der Waals surface area contributed by atoms with E-state index in [1.807, 2.05) is 18.2 Å². The van der Waals surface area contributed by atoms with Crippen molar-refractivity contribution in [2.24, 2.45) is 0 Å². The molecule has 1 aliphatic rings. The van der Waals surface area contributed by atoms with Crippen LogP contribution >= 0.6 is 23.1 Å². The lowest BCUT2D eigenvalue weighted by molar-refractivity contribution is 0.174. The molecule has 0 spiro atoms. The van der Waals surface area contributed by atoms with Gasteiger partial charge < -0.3 is 14.0 Å². The van der Waals surface area contributed by atoms with E-state index in [2.05, 4.69) is 20.3 Å². The zero-order chi connectivity index (χ0) is 14.1. The first-order chi connectivity index (χ1) is 10.4. The van der Waals surface area contributed by atoms with Crippen molar-refractivity contribution in [3.63, 3.8) is 0 Å². The summed E-state index contributed by atoms with van der Waals surface area (Å²) in [5.74, 6) is 3.06. The summed E-state index contributed by atoms with van der Waals surface area (Å²) in [6, 6.07) is 5.55. The third kappa shape index (κ3) is 2.57. The van der Waals surface area contributed by atoms with E-state index in [1.54, 1.807) is 5.51 Å². The fraction of sp³-hybridized carbons (Fsp3) is 0.167. The van der Waals surface area contributed by atoms with Crippen LogP contribution in [0.1, 0.15) is 5.89 Å². The Labute approximate surface area is 127 Å². The van der Waals surface area contributed by atoms with Gasteiger partial charge in [0.15, 0.2) is 15.8 Å². The van der Waals surface area contributed by atoms with Gasteiger partial charge in [0.2, 0.25) is 18.5 Å². The number of hydrogen-bond acceptors (Lipinski definition) is 9. The fourth-order valence-electron chi connectivity index (χ4n) is 1.82. The van der Waals surface area contributed by atoms with Gasteiger partial charge in [-0.3, -0.25) is 0 Å². The van der Waals surface area contributed by atoms with Crippen LogP contribution in [0.25, 0.3) is 11.4 Å². The average molecular weight is 320 g/mol. The molecule has 0 aliphatic carbocycles. The van der Waals surface area contributed by atoms with E-state index in [0.717, 1.165) is 15.7 Å². The van der Waals surface area contributed by atoms with Crippen LogP contribution in [0, 0.1) is 0 Å². The maximum atomic E-state index is 5.34. The third-order valence-corrected chi connectivity index (χ3v) is 4.60. The third-order valence-electron chi connectivity index (χ3n) is 2.76. The summed E-state index contributed by atoms with van der Waals surface area (Å²) >= 11 is 2.99. The predicted octanol–water partition coefficient (Wildman–Crippen LogP) is 2.61. The van der Waals surface area contributed by atoms with Crippen molar-refractivity contribution in [3.8, 4) is 22.9 Å². The van der Waals surface area contributed by atoms with Crippen LogP contribution < -0.4 is 9.47 Å². The number of aromatic nitrogens is 4. The van der Waals surface area contributed by atoms with Gasteiger partial charge in [0.25, 0.3) is 0 Å². The molecule has 0 bridgehead atoms. The Kier molecular flexibility index (Phi) is 3.20. The van der Waals surface area contributed by atoms with E-state index < -0.39 is 0 Å². The highest BCUT2D eigenvalue weighted by Crippen LogP contribution is 2.35. The molecule has 0 fully saturated rings. The summed E-state index contributed by atoms with van der Waals surface area (Å²) in [6.45, 7) is 0.245. The molecule has 0 saturated heterocycles. The average Bonchev–Trinajstić information content (AvgIpc) is 3.25. The number of fused-ring (bicyclic) bond motifs is 1. The molecule has 106 valence electrons. The zero-order valence-corrected chi connectivity index (χ0v) is 12.2. The SMILES string of the molecule is c1nnc(SCc2nc(-c3ccc4c(c3)OCO4)no2)s1. The fourth-order valence-corrected chi connectivity index (χ4v) is 3.14. The van der Waals surface area contributed by atoms with Gasteiger partial charge in [-0.15, -0.1) is 10.2 Å². The quantitative estimate of drug-likeness (QED) is 0.678. The minimum Gasteiger partial charge on any atom is -0.454 e. The van der Waals surface area contributed by atoms with Gasteiger partial charge in [0.05, 0.1) is 5.75 Å². The molecule has 3 heterocycles. The Bertz CT molecular complexity index is 760. The van der Waals surface area contributed by atoms with Crippen molar-refractivity contribution < 1.29 is 14.0 Å². The molecule has 0 saturated carbocycles. The second kappa shape index (κ2) is 5.34. The van der Waals surface area contributed by atoms with E-state index >= 15 is 0 Å². The Hall–Kier alpha value is -2.13. The van der Waals surface area contributed by atoms with Crippen molar-refractivity contribution in [2.75, 3.05) is 6.79 Å². The van der Waals surface area contributed by atoms with Crippen molar-refractivity contribution >= 4 is 23.1 Å². The lowest BCUT2D eigenvalue weighted by Crippen LogP contribution is -1.92. The predicted molar refractivity (Wildman–Crippen MR) is 75.3 cm³/mol. The van der Waals surface area contributed by atoms with E-state index in [-0.39, 0.29) is 6.79 Å². The van der Waals surface area contributed by atoms with Gasteiger partial charge in [-0.2, -0.15) is 4.98 Å². The highest BCUT2D eigenvalue weighted by atomic mass is 32.2. The molecular formula is C12H8N4O3S2. The largest absolute Gasteiger partial charge is 0.454 e. The Morgan fingerprint density at radius 2 is 2.19 bits per heavy atom. The maximum absolute atomic E-state index is 5.34. The molecule has 1 aliphatic heterocycles. The van der Waals surface area contributed by atoms with Gasteiger partial charge in [0.1, 0.15) is 5.51 Å². The van der Waals surface area contributed by atoms with Gasteiger partial charge >= 0.3 is 0 Å². The minimum atomic E-state index is 0.245. The van der Waals surface area contributed by atoms with Crippen LogP contribution in [0.15, 0.2) is 32.6 Å². The molecule has 0 radical (unpaired) electrons. The first-order valence-electron chi connectivity index (χ1n) is 6.00. The van der Waals surface area contributed by atoms with Crippen molar-refractivity contribution in [3.05, 3.63) is 29.6 Å². The van der Waals surface area contributed by atoms with Gasteiger partial charge in [-0.25, -0.2) is 0 Å². The Morgan fingerprint density at radius 1 is 1.24 bits per heavy atom. The van der Waals surface area contributed by atoms with Crippen molar-refractivity contribution in [2.45, 2.75) is 10.1 Å². The van der Waals surface area contributed by atoms with Crippen LogP contribution in [0.3, 0.4) is 0 Å². The Balaban J connectivity index is 1.51. The standard InChI is InChI=1S/C12H8N4O3S2/c1-2-8-9(18-6-17-8)3-7(1)11-14-10(19-16-11)4-20-12-15-13-5-21-12/h1-3,5H,4,6H2. The van der Waals surface area contributed by atoms with E-state index in [1.165, 1.54) is 23.1 Å². The van der Waals surface area contributed by atoms with Gasteiger partial charge in [0, 0.05) is 5.56 Å². The number of rotatable bonds is 4. The minimum absolute atomic E-state index is 0.245. The maximum Gasteiger partial charge on any atom is 0.237 e. The lowest BCUT2D eigenvalue weighted by Gasteiger charge is -1.97. The van der Waals surface area contributed by atoms with E-state index in [9.17, 15) is 0 Å². The Morgan fingerprint density at radius 3 is 3.10 bits per heavy atom. The molecular weight excluding hydrogens is 312 g/mol. The summed E-state index contributed by atoms with van der Waals surface area (Å²) in [6.07, 6.45) is 0. The molecule has 0 amide bonds. The van der Waals surface area contributed by atoms with E-state index in [4.69, 9.17) is 14.0 Å². The van der Waals surface area contributed by atoms with Crippen LogP contribution in [-0.4, -0.2) is 27.1 Å². The molecule has 7 nitrogen and oxygen atoms in total. The smallest absolute Gasteiger partial charge is 0.237 e. The molecule has 0 unspecified atom stereocenters. The van der Waals surface area contributed by atoms with Crippen LogP contribution in [0.5, 0.6) is 11.5 Å². The normalized spacial score (nSPS) is 12.8. The van der Waals surface area contributed by atoms with E-state index in [0.29, 0.717) is 23.2 Å². The number of nitrogens with zero attached hydrogens (tertiary/aromatic N) is 4. The summed E-state index contributed by atoms with van der Waals surface area (Å²) in [5.41, 5.74) is 2.52.